The van der Waals surface area contributed by atoms with Crippen LogP contribution in [0.5, 0.6) is 5.75 Å². The first kappa shape index (κ1) is 18.5. The lowest BCUT2D eigenvalue weighted by molar-refractivity contribution is 0.102. The molecule has 4 N–H and O–H groups in total. The van der Waals surface area contributed by atoms with E-state index in [-0.39, 0.29) is 11.5 Å². The Labute approximate surface area is 159 Å². The summed E-state index contributed by atoms with van der Waals surface area (Å²) in [4.78, 5) is 35.6. The fourth-order valence-corrected chi connectivity index (χ4v) is 3.00. The largest absolute Gasteiger partial charge is 0.497 e. The Morgan fingerprint density at radius 3 is 2.67 bits per heavy atom. The summed E-state index contributed by atoms with van der Waals surface area (Å²) < 4.78 is 5.05. The summed E-state index contributed by atoms with van der Waals surface area (Å²) >= 11 is 1.29. The van der Waals surface area contributed by atoms with Crippen LogP contribution in [0.3, 0.4) is 0 Å². The summed E-state index contributed by atoms with van der Waals surface area (Å²) in [5.74, 6) is 0.635. The molecule has 0 unspecified atom stereocenters. The number of H-pyrrole nitrogens is 1. The van der Waals surface area contributed by atoms with Gasteiger partial charge in [0.1, 0.15) is 11.4 Å². The summed E-state index contributed by atoms with van der Waals surface area (Å²) in [6.45, 7) is 0. The molecule has 138 valence electrons. The van der Waals surface area contributed by atoms with Crippen molar-refractivity contribution in [3.63, 3.8) is 0 Å². The van der Waals surface area contributed by atoms with Crippen molar-refractivity contribution < 1.29 is 9.53 Å². The first-order valence-electron chi connectivity index (χ1n) is 7.94. The van der Waals surface area contributed by atoms with Gasteiger partial charge in [-0.15, -0.1) is 0 Å². The van der Waals surface area contributed by atoms with Crippen molar-refractivity contribution in [2.24, 2.45) is 0 Å². The lowest BCUT2D eigenvalue weighted by atomic mass is 10.2. The highest BCUT2D eigenvalue weighted by molar-refractivity contribution is 7.98. The molecule has 2 aromatic heterocycles. The number of ether oxygens (including phenoxy) is 1. The van der Waals surface area contributed by atoms with Gasteiger partial charge in [-0.05, 0) is 36.4 Å². The van der Waals surface area contributed by atoms with Crippen LogP contribution in [-0.4, -0.2) is 28.0 Å². The minimum Gasteiger partial charge on any atom is -0.497 e. The second-order valence-electron chi connectivity index (χ2n) is 5.42. The number of nitrogen functional groups attached to an aromatic ring is 1. The quantitative estimate of drug-likeness (QED) is 0.441. The van der Waals surface area contributed by atoms with E-state index in [9.17, 15) is 9.59 Å². The van der Waals surface area contributed by atoms with Gasteiger partial charge in [0.15, 0.2) is 11.0 Å². The number of rotatable bonds is 6. The van der Waals surface area contributed by atoms with E-state index in [1.54, 1.807) is 30.5 Å². The van der Waals surface area contributed by atoms with Crippen LogP contribution in [0.2, 0.25) is 0 Å². The molecule has 3 rings (SSSR count). The third kappa shape index (κ3) is 4.64. The summed E-state index contributed by atoms with van der Waals surface area (Å²) in [6, 6.07) is 12.1. The minimum absolute atomic E-state index is 0.0517. The summed E-state index contributed by atoms with van der Waals surface area (Å²) in [5, 5.41) is 2.85. The van der Waals surface area contributed by atoms with Gasteiger partial charge >= 0.3 is 0 Å². The van der Waals surface area contributed by atoms with Crippen LogP contribution in [-0.2, 0) is 5.75 Å². The van der Waals surface area contributed by atoms with Crippen molar-refractivity contribution >= 4 is 29.2 Å². The lowest BCUT2D eigenvalue weighted by Gasteiger charge is -2.09. The van der Waals surface area contributed by atoms with Crippen molar-refractivity contribution in [3.05, 3.63) is 70.3 Å². The first-order chi connectivity index (χ1) is 13.1. The Balaban J connectivity index is 1.72. The molecule has 8 nitrogen and oxygen atoms in total. The smallest absolute Gasteiger partial charge is 0.277 e. The normalized spacial score (nSPS) is 10.4. The topological polar surface area (TPSA) is 123 Å². The molecular formula is C18H17N5O3S. The number of thioether (sulfide) groups is 1. The van der Waals surface area contributed by atoms with Crippen molar-refractivity contribution in [2.45, 2.75) is 10.9 Å². The van der Waals surface area contributed by atoms with E-state index in [1.807, 2.05) is 18.2 Å². The lowest BCUT2D eigenvalue weighted by Crippen LogP contribution is -2.23. The zero-order chi connectivity index (χ0) is 19.2. The van der Waals surface area contributed by atoms with Crippen LogP contribution in [0.25, 0.3) is 0 Å². The minimum atomic E-state index is -0.520. The summed E-state index contributed by atoms with van der Waals surface area (Å²) in [7, 11) is 1.54. The molecule has 9 heteroatoms. The van der Waals surface area contributed by atoms with Gasteiger partial charge in [-0.1, -0.05) is 17.8 Å². The highest BCUT2D eigenvalue weighted by Gasteiger charge is 2.14. The Hall–Kier alpha value is -3.33. The van der Waals surface area contributed by atoms with Gasteiger partial charge in [-0.3, -0.25) is 19.6 Å². The molecule has 2 heterocycles. The standard InChI is InChI=1S/C18H17N5O3S/c1-26-13-7-5-11(6-8-13)16(24)21-14-15(19)22-18(23-17(14)25)27-10-12-4-2-3-9-20-12/h2-9H,10H2,1H3,(H,21,24)(H3,19,22,23,25). The number of amides is 1. The van der Waals surface area contributed by atoms with E-state index in [4.69, 9.17) is 10.5 Å². The molecule has 0 saturated heterocycles. The number of nitrogens with zero attached hydrogens (tertiary/aromatic N) is 2. The van der Waals surface area contributed by atoms with Gasteiger partial charge in [0.2, 0.25) is 0 Å². The zero-order valence-corrected chi connectivity index (χ0v) is 15.2. The molecule has 0 spiro atoms. The number of hydrogen-bond acceptors (Lipinski definition) is 7. The van der Waals surface area contributed by atoms with Gasteiger partial charge in [0, 0.05) is 17.5 Å². The van der Waals surface area contributed by atoms with E-state index in [0.717, 1.165) is 5.69 Å². The Bertz CT molecular complexity index is 990. The van der Waals surface area contributed by atoms with E-state index in [2.05, 4.69) is 20.3 Å². The average Bonchev–Trinajstić information content (AvgIpc) is 2.70. The van der Waals surface area contributed by atoms with E-state index < -0.39 is 11.5 Å². The number of pyridine rings is 1. The first-order valence-corrected chi connectivity index (χ1v) is 8.93. The molecule has 0 aliphatic heterocycles. The van der Waals surface area contributed by atoms with Crippen molar-refractivity contribution in [3.8, 4) is 5.75 Å². The molecule has 0 saturated carbocycles. The number of nitrogens with two attached hydrogens (primary N) is 1. The highest BCUT2D eigenvalue weighted by atomic mass is 32.2. The SMILES string of the molecule is COc1ccc(C(=O)Nc2c(N)nc(SCc3ccccn3)[nH]c2=O)cc1. The monoisotopic (exact) mass is 383 g/mol. The van der Waals surface area contributed by atoms with Gasteiger partial charge in [-0.2, -0.15) is 0 Å². The number of anilines is 2. The number of carbonyl (C=O) groups is 1. The van der Waals surface area contributed by atoms with Crippen LogP contribution in [0.15, 0.2) is 58.6 Å². The third-order valence-electron chi connectivity index (χ3n) is 3.60. The summed E-state index contributed by atoms with van der Waals surface area (Å²) in [6.07, 6.45) is 1.69. The number of nitrogens with one attached hydrogen (secondary N) is 2. The zero-order valence-electron chi connectivity index (χ0n) is 14.4. The van der Waals surface area contributed by atoms with Crippen molar-refractivity contribution in [1.82, 2.24) is 15.0 Å². The molecular weight excluding hydrogens is 366 g/mol. The van der Waals surface area contributed by atoms with Crippen LogP contribution >= 0.6 is 11.8 Å². The molecule has 0 radical (unpaired) electrons. The predicted octanol–water partition coefficient (Wildman–Crippen LogP) is 2.30. The van der Waals surface area contributed by atoms with Crippen LogP contribution in [0, 0.1) is 0 Å². The molecule has 3 aromatic rings. The van der Waals surface area contributed by atoms with Gasteiger partial charge < -0.3 is 15.8 Å². The highest BCUT2D eigenvalue weighted by Crippen LogP contribution is 2.20. The molecule has 0 fully saturated rings. The van der Waals surface area contributed by atoms with Crippen LogP contribution in [0.1, 0.15) is 16.1 Å². The molecule has 0 aliphatic carbocycles. The molecule has 1 aromatic carbocycles. The molecule has 0 atom stereocenters. The predicted molar refractivity (Wildman–Crippen MR) is 104 cm³/mol. The van der Waals surface area contributed by atoms with E-state index >= 15 is 0 Å². The van der Waals surface area contributed by atoms with E-state index in [0.29, 0.717) is 22.2 Å². The fourth-order valence-electron chi connectivity index (χ4n) is 2.21. The molecule has 0 aliphatic rings. The number of carbonyl (C=O) groups excluding carboxylic acids is 1. The molecule has 0 bridgehead atoms. The second-order valence-corrected chi connectivity index (χ2v) is 6.39. The van der Waals surface area contributed by atoms with Crippen LogP contribution < -0.4 is 21.3 Å². The third-order valence-corrected chi connectivity index (χ3v) is 4.51. The average molecular weight is 383 g/mol. The molecule has 1 amide bonds. The number of aromatic nitrogens is 3. The van der Waals surface area contributed by atoms with Gasteiger partial charge in [0.25, 0.3) is 11.5 Å². The summed E-state index contributed by atoms with van der Waals surface area (Å²) in [5.41, 5.74) is 6.47. The number of methoxy groups -OCH3 is 1. The number of benzene rings is 1. The second kappa shape index (κ2) is 8.37. The van der Waals surface area contributed by atoms with Gasteiger partial charge in [-0.25, -0.2) is 4.98 Å². The maximum absolute atomic E-state index is 12.3. The Morgan fingerprint density at radius 1 is 1.26 bits per heavy atom. The van der Waals surface area contributed by atoms with Crippen LogP contribution in [0.4, 0.5) is 11.5 Å². The number of hydrogen-bond donors (Lipinski definition) is 3. The Kier molecular flexibility index (Phi) is 5.72. The number of aromatic amines is 1. The Morgan fingerprint density at radius 2 is 2.04 bits per heavy atom. The molecule has 27 heavy (non-hydrogen) atoms. The maximum Gasteiger partial charge on any atom is 0.277 e. The maximum atomic E-state index is 12.3. The van der Waals surface area contributed by atoms with Crippen molar-refractivity contribution in [1.29, 1.82) is 0 Å². The van der Waals surface area contributed by atoms with Gasteiger partial charge in [0.05, 0.1) is 12.8 Å². The van der Waals surface area contributed by atoms with E-state index in [1.165, 1.54) is 18.9 Å². The fraction of sp³-hybridized carbons (Fsp3) is 0.111. The van der Waals surface area contributed by atoms with Crippen molar-refractivity contribution in [2.75, 3.05) is 18.2 Å².